The minimum absolute atomic E-state index is 0.0439. The molecule has 7 nitrogen and oxygen atoms in total. The van der Waals surface area contributed by atoms with Gasteiger partial charge in [-0.2, -0.15) is 0 Å². The predicted molar refractivity (Wildman–Crippen MR) is 104 cm³/mol. The van der Waals surface area contributed by atoms with E-state index in [9.17, 15) is 19.7 Å². The maximum absolute atomic E-state index is 12.7. The monoisotopic (exact) mass is 371 g/mol. The summed E-state index contributed by atoms with van der Waals surface area (Å²) in [4.78, 5) is 41.4. The quantitative estimate of drug-likeness (QED) is 0.298. The van der Waals surface area contributed by atoms with E-state index >= 15 is 0 Å². The molecular formula is C21H13N3O4. The summed E-state index contributed by atoms with van der Waals surface area (Å²) in [6, 6.07) is 19.4. The summed E-state index contributed by atoms with van der Waals surface area (Å²) < 4.78 is 0. The van der Waals surface area contributed by atoms with Crippen molar-refractivity contribution in [3.05, 3.63) is 99.6 Å². The molecule has 1 aliphatic rings. The summed E-state index contributed by atoms with van der Waals surface area (Å²) in [5.41, 5.74) is 1.96. The lowest BCUT2D eigenvalue weighted by atomic mass is 10.1. The van der Waals surface area contributed by atoms with Crippen molar-refractivity contribution >= 4 is 35.1 Å². The van der Waals surface area contributed by atoms with Crippen molar-refractivity contribution in [3.63, 3.8) is 0 Å². The second kappa shape index (κ2) is 6.88. The van der Waals surface area contributed by atoms with Gasteiger partial charge in [-0.15, -0.1) is 0 Å². The molecule has 0 bridgehead atoms. The number of non-ortho nitro benzene ring substituents is 1. The van der Waals surface area contributed by atoms with Crippen LogP contribution in [-0.2, 0) is 0 Å². The Morgan fingerprint density at radius 2 is 1.50 bits per heavy atom. The van der Waals surface area contributed by atoms with Gasteiger partial charge in [0, 0.05) is 18.3 Å². The smallest absolute Gasteiger partial charge is 0.268 e. The van der Waals surface area contributed by atoms with E-state index in [1.807, 2.05) is 0 Å². The number of carbonyl (C=O) groups excluding carboxylic acids is 2. The molecule has 0 radical (unpaired) electrons. The van der Waals surface area contributed by atoms with E-state index in [0.717, 1.165) is 4.90 Å². The third-order valence-corrected chi connectivity index (χ3v) is 4.35. The SMILES string of the molecule is O=C1c2ccccc2C(=O)N1c1ccccc1N=Cc1cccc([N+](=O)[O-])c1. The average molecular weight is 371 g/mol. The zero-order valence-electron chi connectivity index (χ0n) is 14.5. The number of rotatable bonds is 4. The van der Waals surface area contributed by atoms with Gasteiger partial charge >= 0.3 is 0 Å². The van der Waals surface area contributed by atoms with E-state index in [0.29, 0.717) is 28.1 Å². The summed E-state index contributed by atoms with van der Waals surface area (Å²) in [7, 11) is 0. The number of aliphatic imine (C=N–C) groups is 1. The molecule has 0 spiro atoms. The summed E-state index contributed by atoms with van der Waals surface area (Å²) in [6.07, 6.45) is 1.46. The van der Waals surface area contributed by atoms with E-state index in [-0.39, 0.29) is 5.69 Å². The van der Waals surface area contributed by atoms with Crippen LogP contribution in [-0.4, -0.2) is 23.0 Å². The molecule has 0 saturated carbocycles. The lowest BCUT2D eigenvalue weighted by Gasteiger charge is -2.16. The Bertz CT molecular complexity index is 1120. The maximum atomic E-state index is 12.7. The second-order valence-electron chi connectivity index (χ2n) is 6.09. The van der Waals surface area contributed by atoms with Crippen molar-refractivity contribution < 1.29 is 14.5 Å². The largest absolute Gasteiger partial charge is 0.270 e. The Kier molecular flexibility index (Phi) is 4.25. The molecular weight excluding hydrogens is 358 g/mol. The molecule has 4 rings (SSSR count). The Morgan fingerprint density at radius 1 is 0.857 bits per heavy atom. The number of nitro benzene ring substituents is 1. The second-order valence-corrected chi connectivity index (χ2v) is 6.09. The summed E-state index contributed by atoms with van der Waals surface area (Å²) in [5, 5.41) is 10.9. The van der Waals surface area contributed by atoms with Crippen LogP contribution in [0.4, 0.5) is 17.1 Å². The van der Waals surface area contributed by atoms with Gasteiger partial charge < -0.3 is 0 Å². The lowest BCUT2D eigenvalue weighted by Crippen LogP contribution is -2.29. The minimum atomic E-state index is -0.482. The number of benzene rings is 3. The van der Waals surface area contributed by atoms with Crippen molar-refractivity contribution in [2.24, 2.45) is 4.99 Å². The average Bonchev–Trinajstić information content (AvgIpc) is 2.97. The predicted octanol–water partition coefficient (Wildman–Crippen LogP) is 4.15. The zero-order valence-corrected chi connectivity index (χ0v) is 14.5. The molecule has 0 aliphatic carbocycles. The molecule has 0 saturated heterocycles. The Balaban J connectivity index is 1.71. The zero-order chi connectivity index (χ0) is 19.7. The molecule has 1 aliphatic heterocycles. The molecule has 0 fully saturated rings. The number of hydrogen-bond donors (Lipinski definition) is 0. The number of nitro groups is 1. The van der Waals surface area contributed by atoms with Crippen molar-refractivity contribution in [1.29, 1.82) is 0 Å². The molecule has 1 heterocycles. The van der Waals surface area contributed by atoms with Crippen LogP contribution in [0.3, 0.4) is 0 Å². The topological polar surface area (TPSA) is 92.9 Å². The fraction of sp³-hybridized carbons (Fsp3) is 0. The van der Waals surface area contributed by atoms with Crippen LogP contribution in [0.25, 0.3) is 0 Å². The number of fused-ring (bicyclic) bond motifs is 1. The highest BCUT2D eigenvalue weighted by molar-refractivity contribution is 6.35. The Labute approximate surface area is 159 Å². The number of carbonyl (C=O) groups is 2. The first-order valence-corrected chi connectivity index (χ1v) is 8.41. The van der Waals surface area contributed by atoms with Gasteiger partial charge in [-0.05, 0) is 29.8 Å². The number of para-hydroxylation sites is 2. The highest BCUT2D eigenvalue weighted by atomic mass is 16.6. The molecule has 0 unspecified atom stereocenters. The third-order valence-electron chi connectivity index (χ3n) is 4.35. The molecule has 0 atom stereocenters. The van der Waals surface area contributed by atoms with Crippen LogP contribution < -0.4 is 4.90 Å². The third kappa shape index (κ3) is 2.95. The van der Waals surface area contributed by atoms with Gasteiger partial charge in [0.1, 0.15) is 0 Å². The number of amides is 2. The van der Waals surface area contributed by atoms with Crippen LogP contribution in [0.2, 0.25) is 0 Å². The van der Waals surface area contributed by atoms with Gasteiger partial charge in [0.05, 0.1) is 27.4 Å². The number of hydrogen-bond acceptors (Lipinski definition) is 5. The lowest BCUT2D eigenvalue weighted by molar-refractivity contribution is -0.384. The number of imide groups is 1. The van der Waals surface area contributed by atoms with Crippen molar-refractivity contribution in [3.8, 4) is 0 Å². The molecule has 136 valence electrons. The van der Waals surface area contributed by atoms with E-state index in [1.54, 1.807) is 60.7 Å². The van der Waals surface area contributed by atoms with Crippen LogP contribution in [0.5, 0.6) is 0 Å². The summed E-state index contributed by atoms with van der Waals surface area (Å²) >= 11 is 0. The normalized spacial score (nSPS) is 13.2. The van der Waals surface area contributed by atoms with E-state index < -0.39 is 16.7 Å². The fourth-order valence-electron chi connectivity index (χ4n) is 3.03. The van der Waals surface area contributed by atoms with Gasteiger partial charge in [-0.25, -0.2) is 4.90 Å². The van der Waals surface area contributed by atoms with Gasteiger partial charge in [-0.3, -0.25) is 24.7 Å². The number of nitrogens with zero attached hydrogens (tertiary/aromatic N) is 3. The first-order valence-electron chi connectivity index (χ1n) is 8.41. The van der Waals surface area contributed by atoms with Crippen LogP contribution in [0, 0.1) is 10.1 Å². The Morgan fingerprint density at radius 3 is 2.18 bits per heavy atom. The number of anilines is 1. The highest BCUT2D eigenvalue weighted by Gasteiger charge is 2.37. The summed E-state index contributed by atoms with van der Waals surface area (Å²) in [5.74, 6) is -0.808. The fourth-order valence-corrected chi connectivity index (χ4v) is 3.03. The molecule has 28 heavy (non-hydrogen) atoms. The van der Waals surface area contributed by atoms with Gasteiger partial charge in [-0.1, -0.05) is 36.4 Å². The Hall–Kier alpha value is -4.13. The minimum Gasteiger partial charge on any atom is -0.268 e. The summed E-state index contributed by atoms with van der Waals surface area (Å²) in [6.45, 7) is 0. The van der Waals surface area contributed by atoms with Crippen molar-refractivity contribution in [1.82, 2.24) is 0 Å². The first kappa shape index (κ1) is 17.3. The maximum Gasteiger partial charge on any atom is 0.270 e. The van der Waals surface area contributed by atoms with E-state index in [1.165, 1.54) is 18.3 Å². The van der Waals surface area contributed by atoms with E-state index in [2.05, 4.69) is 4.99 Å². The van der Waals surface area contributed by atoms with Crippen molar-refractivity contribution in [2.75, 3.05) is 4.90 Å². The molecule has 0 aromatic heterocycles. The van der Waals surface area contributed by atoms with Crippen molar-refractivity contribution in [2.45, 2.75) is 0 Å². The van der Waals surface area contributed by atoms with Gasteiger partial charge in [0.15, 0.2) is 0 Å². The molecule has 7 heteroatoms. The van der Waals surface area contributed by atoms with Gasteiger partial charge in [0.25, 0.3) is 17.5 Å². The van der Waals surface area contributed by atoms with E-state index in [4.69, 9.17) is 0 Å². The molecule has 3 aromatic rings. The standard InChI is InChI=1S/C21H13N3O4/c25-20-16-8-1-2-9-17(16)21(26)23(20)19-11-4-3-10-18(19)22-13-14-6-5-7-15(12-14)24(27)28/h1-13H. The van der Waals surface area contributed by atoms with Crippen LogP contribution in [0.1, 0.15) is 26.3 Å². The van der Waals surface area contributed by atoms with Gasteiger partial charge in [0.2, 0.25) is 0 Å². The molecule has 0 N–H and O–H groups in total. The first-order chi connectivity index (χ1) is 13.6. The molecule has 3 aromatic carbocycles. The van der Waals surface area contributed by atoms with Crippen LogP contribution >= 0.6 is 0 Å². The van der Waals surface area contributed by atoms with Crippen LogP contribution in [0.15, 0.2) is 77.8 Å². The highest BCUT2D eigenvalue weighted by Crippen LogP contribution is 2.34. The molecule has 2 amide bonds.